The van der Waals surface area contributed by atoms with Crippen LogP contribution in [0.3, 0.4) is 0 Å². The van der Waals surface area contributed by atoms with Gasteiger partial charge >= 0.3 is 0 Å². The molecule has 0 radical (unpaired) electrons. The largest absolute Gasteiger partial charge is 0.478 e. The molecule has 3 N–H and O–H groups in total. The van der Waals surface area contributed by atoms with Crippen molar-refractivity contribution in [3.63, 3.8) is 0 Å². The molecule has 0 fully saturated rings. The summed E-state index contributed by atoms with van der Waals surface area (Å²) < 4.78 is 5.62. The van der Waals surface area contributed by atoms with Gasteiger partial charge in [0.25, 0.3) is 5.91 Å². The van der Waals surface area contributed by atoms with E-state index in [1.807, 2.05) is 32.0 Å². The molecule has 0 aliphatic carbocycles. The Morgan fingerprint density at radius 2 is 2.31 bits per heavy atom. The van der Waals surface area contributed by atoms with Gasteiger partial charge in [-0.1, -0.05) is 13.0 Å². The van der Waals surface area contributed by atoms with Gasteiger partial charge in [0.1, 0.15) is 5.75 Å². The summed E-state index contributed by atoms with van der Waals surface area (Å²) in [6, 6.07) is 5.59. The highest BCUT2D eigenvalue weighted by Gasteiger charge is 2.26. The maximum Gasteiger partial charge on any atom is 0.265 e. The summed E-state index contributed by atoms with van der Waals surface area (Å²) in [6.07, 6.45) is 0.268. The summed E-state index contributed by atoms with van der Waals surface area (Å²) in [7, 11) is 0. The molecule has 0 unspecified atom stereocenters. The molecule has 16 heavy (non-hydrogen) atoms. The molecule has 1 amide bonds. The predicted molar refractivity (Wildman–Crippen MR) is 62.4 cm³/mol. The minimum Gasteiger partial charge on any atom is -0.478 e. The summed E-state index contributed by atoms with van der Waals surface area (Å²) in [4.78, 5) is 11.5. The van der Waals surface area contributed by atoms with E-state index in [1.165, 1.54) is 0 Å². The standard InChI is InChI=1S/C12H16N2O2/c1-3-10-12(15)14-9-5-4-8(7(2)13)6-11(9)16-10/h4-7,10H,3,13H2,1-2H3,(H,14,15)/t7-,10+/m1/s1. The number of fused-ring (bicyclic) bond motifs is 1. The maximum absolute atomic E-state index is 11.5. The predicted octanol–water partition coefficient (Wildman–Crippen LogP) is 1.82. The second kappa shape index (κ2) is 4.14. The molecule has 1 aliphatic heterocycles. The van der Waals surface area contributed by atoms with Crippen molar-refractivity contribution in [1.29, 1.82) is 0 Å². The summed E-state index contributed by atoms with van der Waals surface area (Å²) in [5.41, 5.74) is 7.52. The van der Waals surface area contributed by atoms with Gasteiger partial charge in [-0.25, -0.2) is 0 Å². The molecular weight excluding hydrogens is 204 g/mol. The molecule has 0 saturated heterocycles. The van der Waals surface area contributed by atoms with Crippen LogP contribution in [0.25, 0.3) is 0 Å². The second-order valence-electron chi connectivity index (χ2n) is 4.05. The number of nitrogens with one attached hydrogen (secondary N) is 1. The number of nitrogens with two attached hydrogens (primary N) is 1. The van der Waals surface area contributed by atoms with Crippen molar-refractivity contribution < 1.29 is 9.53 Å². The SMILES string of the molecule is CC[C@@H]1Oc2cc([C@@H](C)N)ccc2NC1=O. The van der Waals surface area contributed by atoms with Crippen LogP contribution in [-0.2, 0) is 4.79 Å². The molecule has 4 heteroatoms. The molecule has 0 bridgehead atoms. The van der Waals surface area contributed by atoms with Gasteiger partial charge in [-0.05, 0) is 31.0 Å². The van der Waals surface area contributed by atoms with Crippen LogP contribution < -0.4 is 15.8 Å². The van der Waals surface area contributed by atoms with Crippen LogP contribution in [0.15, 0.2) is 18.2 Å². The zero-order chi connectivity index (χ0) is 11.7. The van der Waals surface area contributed by atoms with Gasteiger partial charge in [0, 0.05) is 6.04 Å². The quantitative estimate of drug-likeness (QED) is 0.799. The maximum atomic E-state index is 11.5. The number of amides is 1. The first-order chi connectivity index (χ1) is 7.61. The Labute approximate surface area is 94.8 Å². The van der Waals surface area contributed by atoms with Crippen LogP contribution in [-0.4, -0.2) is 12.0 Å². The van der Waals surface area contributed by atoms with E-state index in [-0.39, 0.29) is 11.9 Å². The van der Waals surface area contributed by atoms with Crippen molar-refractivity contribution in [3.8, 4) is 5.75 Å². The van der Waals surface area contributed by atoms with Crippen LogP contribution in [0.4, 0.5) is 5.69 Å². The first-order valence-corrected chi connectivity index (χ1v) is 5.49. The van der Waals surface area contributed by atoms with Gasteiger partial charge in [0.05, 0.1) is 5.69 Å². The number of hydrogen-bond acceptors (Lipinski definition) is 3. The van der Waals surface area contributed by atoms with Crippen LogP contribution in [0.1, 0.15) is 31.9 Å². The van der Waals surface area contributed by atoms with Crippen molar-refractivity contribution in [2.24, 2.45) is 5.73 Å². The Hall–Kier alpha value is -1.55. The summed E-state index contributed by atoms with van der Waals surface area (Å²) >= 11 is 0. The number of rotatable bonds is 2. The minimum atomic E-state index is -0.393. The number of hydrogen-bond donors (Lipinski definition) is 2. The number of anilines is 1. The Morgan fingerprint density at radius 1 is 1.56 bits per heavy atom. The van der Waals surface area contributed by atoms with Crippen LogP contribution in [0.5, 0.6) is 5.75 Å². The number of benzene rings is 1. The van der Waals surface area contributed by atoms with Crippen LogP contribution >= 0.6 is 0 Å². The third kappa shape index (κ3) is 1.88. The lowest BCUT2D eigenvalue weighted by atomic mass is 10.1. The van der Waals surface area contributed by atoms with Crippen LogP contribution in [0.2, 0.25) is 0 Å². The van der Waals surface area contributed by atoms with Crippen molar-refractivity contribution in [2.45, 2.75) is 32.4 Å². The summed E-state index contributed by atoms with van der Waals surface area (Å²) in [6.45, 7) is 3.84. The number of carbonyl (C=O) groups excluding carboxylic acids is 1. The molecule has 0 aromatic heterocycles. The number of carbonyl (C=O) groups is 1. The molecule has 4 nitrogen and oxygen atoms in total. The number of ether oxygens (including phenoxy) is 1. The van der Waals surface area contributed by atoms with Gasteiger partial charge in [-0.3, -0.25) is 4.79 Å². The van der Waals surface area contributed by atoms with Crippen molar-refractivity contribution >= 4 is 11.6 Å². The molecule has 1 aromatic carbocycles. The van der Waals surface area contributed by atoms with E-state index >= 15 is 0 Å². The molecule has 0 saturated carbocycles. The van der Waals surface area contributed by atoms with Crippen LogP contribution in [0, 0.1) is 0 Å². The highest BCUT2D eigenvalue weighted by atomic mass is 16.5. The summed E-state index contributed by atoms with van der Waals surface area (Å²) in [5, 5.41) is 2.82. The lowest BCUT2D eigenvalue weighted by molar-refractivity contribution is -0.123. The van der Waals surface area contributed by atoms with Gasteiger partial charge in [0.15, 0.2) is 6.10 Å². The molecule has 1 aliphatic rings. The normalized spacial score (nSPS) is 20.7. The molecular formula is C12H16N2O2. The van der Waals surface area contributed by atoms with E-state index < -0.39 is 6.10 Å². The highest BCUT2D eigenvalue weighted by Crippen LogP contribution is 2.32. The Morgan fingerprint density at radius 3 is 2.94 bits per heavy atom. The topological polar surface area (TPSA) is 64.3 Å². The monoisotopic (exact) mass is 220 g/mol. The van der Waals surface area contributed by atoms with E-state index in [0.717, 1.165) is 11.3 Å². The van der Waals surface area contributed by atoms with E-state index in [0.29, 0.717) is 12.2 Å². The molecule has 86 valence electrons. The Kier molecular flexibility index (Phi) is 2.83. The average molecular weight is 220 g/mol. The Bertz CT molecular complexity index is 415. The molecule has 1 aromatic rings. The van der Waals surface area contributed by atoms with Gasteiger partial charge in [0.2, 0.25) is 0 Å². The average Bonchev–Trinajstić information content (AvgIpc) is 2.27. The first kappa shape index (κ1) is 11.0. The summed E-state index contributed by atoms with van der Waals surface area (Å²) in [5.74, 6) is 0.629. The molecule has 0 spiro atoms. The van der Waals surface area contributed by atoms with E-state index in [1.54, 1.807) is 0 Å². The minimum absolute atomic E-state index is 0.0356. The molecule has 2 rings (SSSR count). The zero-order valence-electron chi connectivity index (χ0n) is 9.49. The molecule has 1 heterocycles. The second-order valence-corrected chi connectivity index (χ2v) is 4.05. The van der Waals surface area contributed by atoms with Crippen molar-refractivity contribution in [2.75, 3.05) is 5.32 Å². The van der Waals surface area contributed by atoms with Gasteiger partial charge < -0.3 is 15.8 Å². The molecule has 2 atom stereocenters. The van der Waals surface area contributed by atoms with Gasteiger partial charge in [-0.15, -0.1) is 0 Å². The fraction of sp³-hybridized carbons (Fsp3) is 0.417. The van der Waals surface area contributed by atoms with Crippen molar-refractivity contribution in [1.82, 2.24) is 0 Å². The highest BCUT2D eigenvalue weighted by molar-refractivity contribution is 5.97. The van der Waals surface area contributed by atoms with Gasteiger partial charge in [-0.2, -0.15) is 0 Å². The third-order valence-corrected chi connectivity index (χ3v) is 2.72. The Balaban J connectivity index is 2.33. The third-order valence-electron chi connectivity index (χ3n) is 2.72. The van der Waals surface area contributed by atoms with E-state index in [4.69, 9.17) is 10.5 Å². The smallest absolute Gasteiger partial charge is 0.265 e. The van der Waals surface area contributed by atoms with E-state index in [9.17, 15) is 4.79 Å². The van der Waals surface area contributed by atoms with E-state index in [2.05, 4.69) is 5.32 Å². The first-order valence-electron chi connectivity index (χ1n) is 5.49. The fourth-order valence-electron chi connectivity index (χ4n) is 1.71. The fourth-order valence-corrected chi connectivity index (χ4v) is 1.71. The van der Waals surface area contributed by atoms with Crippen molar-refractivity contribution in [3.05, 3.63) is 23.8 Å². The lowest BCUT2D eigenvalue weighted by Gasteiger charge is -2.25. The lowest BCUT2D eigenvalue weighted by Crippen LogP contribution is -2.36. The zero-order valence-corrected chi connectivity index (χ0v) is 9.49.